The van der Waals surface area contributed by atoms with Gasteiger partial charge in [-0.2, -0.15) is 0 Å². The van der Waals surface area contributed by atoms with Crippen LogP contribution < -0.4 is 4.74 Å². The zero-order valence-electron chi connectivity index (χ0n) is 12.0. The molecule has 2 aromatic rings. The Labute approximate surface area is 127 Å². The van der Waals surface area contributed by atoms with Crippen LogP contribution in [-0.2, 0) is 16.0 Å². The van der Waals surface area contributed by atoms with Crippen LogP contribution in [0.15, 0.2) is 42.5 Å². The molecule has 1 aliphatic rings. The van der Waals surface area contributed by atoms with Gasteiger partial charge in [-0.3, -0.25) is 4.79 Å². The van der Waals surface area contributed by atoms with Crippen LogP contribution in [0.3, 0.4) is 0 Å². The minimum Gasteiger partial charge on any atom is -0.508 e. The number of ether oxygens (including phenoxy) is 2. The molecule has 0 bridgehead atoms. The van der Waals surface area contributed by atoms with E-state index in [1.165, 1.54) is 19.1 Å². The topological polar surface area (TPSA) is 76.0 Å². The number of aromatic hydroxyl groups is 2. The summed E-state index contributed by atoms with van der Waals surface area (Å²) in [6.07, 6.45) is -0.706. The molecule has 3 rings (SSSR count). The number of carbonyl (C=O) groups is 1. The van der Waals surface area contributed by atoms with Crippen LogP contribution in [0.5, 0.6) is 17.2 Å². The molecule has 2 aromatic carbocycles. The molecule has 0 aliphatic carbocycles. The first-order valence-electron chi connectivity index (χ1n) is 6.98. The van der Waals surface area contributed by atoms with Gasteiger partial charge in [-0.05, 0) is 5.56 Å². The van der Waals surface area contributed by atoms with Crippen molar-refractivity contribution in [1.82, 2.24) is 0 Å². The maximum atomic E-state index is 11.4. The Kier molecular flexibility index (Phi) is 3.63. The highest BCUT2D eigenvalue weighted by Gasteiger charge is 2.35. The minimum absolute atomic E-state index is 0.0707. The molecule has 0 amide bonds. The molecule has 1 heterocycles. The normalized spacial score (nSPS) is 19.9. The largest absolute Gasteiger partial charge is 0.508 e. The zero-order valence-corrected chi connectivity index (χ0v) is 12.0. The molecule has 0 saturated heterocycles. The summed E-state index contributed by atoms with van der Waals surface area (Å²) >= 11 is 0. The van der Waals surface area contributed by atoms with Gasteiger partial charge in [0.2, 0.25) is 0 Å². The molecule has 114 valence electrons. The van der Waals surface area contributed by atoms with Crippen LogP contribution in [0.1, 0.15) is 24.2 Å². The molecule has 22 heavy (non-hydrogen) atoms. The van der Waals surface area contributed by atoms with E-state index in [1.54, 1.807) is 0 Å². The monoisotopic (exact) mass is 300 g/mol. The van der Waals surface area contributed by atoms with E-state index >= 15 is 0 Å². The molecule has 2 N–H and O–H groups in total. The lowest BCUT2D eigenvalue weighted by Crippen LogP contribution is -2.34. The van der Waals surface area contributed by atoms with Crippen molar-refractivity contribution in [2.45, 2.75) is 25.6 Å². The molecule has 5 heteroatoms. The summed E-state index contributed by atoms with van der Waals surface area (Å²) in [5.41, 5.74) is 1.39. The van der Waals surface area contributed by atoms with E-state index in [2.05, 4.69) is 0 Å². The van der Waals surface area contributed by atoms with E-state index in [9.17, 15) is 15.0 Å². The van der Waals surface area contributed by atoms with Crippen molar-refractivity contribution >= 4 is 5.97 Å². The van der Waals surface area contributed by atoms with Crippen LogP contribution in [0.25, 0.3) is 0 Å². The number of esters is 1. The van der Waals surface area contributed by atoms with Gasteiger partial charge in [0.25, 0.3) is 0 Å². The number of hydrogen-bond donors (Lipinski definition) is 2. The number of phenolic OH excluding ortho intramolecular Hbond substituents is 2. The summed E-state index contributed by atoms with van der Waals surface area (Å²) in [5.74, 6) is -0.154. The van der Waals surface area contributed by atoms with Crippen molar-refractivity contribution in [2.75, 3.05) is 0 Å². The van der Waals surface area contributed by atoms with E-state index in [-0.39, 0.29) is 11.5 Å². The summed E-state index contributed by atoms with van der Waals surface area (Å²) in [6, 6.07) is 12.1. The molecule has 0 radical (unpaired) electrons. The highest BCUT2D eigenvalue weighted by atomic mass is 16.6. The molecule has 1 aliphatic heterocycles. The van der Waals surface area contributed by atoms with Gasteiger partial charge >= 0.3 is 5.97 Å². The van der Waals surface area contributed by atoms with E-state index in [0.29, 0.717) is 17.7 Å². The molecule has 0 aromatic heterocycles. The fourth-order valence-corrected chi connectivity index (χ4v) is 2.69. The first kappa shape index (κ1) is 14.3. The second kappa shape index (κ2) is 5.60. The lowest BCUT2D eigenvalue weighted by atomic mass is 9.94. The Bertz CT molecular complexity index is 696. The van der Waals surface area contributed by atoms with Gasteiger partial charge in [0.15, 0.2) is 6.10 Å². The number of phenols is 2. The number of benzene rings is 2. The van der Waals surface area contributed by atoms with Crippen molar-refractivity contribution in [3.05, 3.63) is 53.6 Å². The second-order valence-corrected chi connectivity index (χ2v) is 5.24. The maximum absolute atomic E-state index is 11.4. The summed E-state index contributed by atoms with van der Waals surface area (Å²) in [6.45, 7) is 1.34. The lowest BCUT2D eigenvalue weighted by Gasteiger charge is -2.33. The number of fused-ring (bicyclic) bond motifs is 1. The Morgan fingerprint density at radius 3 is 2.64 bits per heavy atom. The molecule has 0 spiro atoms. The smallest absolute Gasteiger partial charge is 0.303 e. The van der Waals surface area contributed by atoms with Crippen LogP contribution >= 0.6 is 0 Å². The first-order valence-corrected chi connectivity index (χ1v) is 6.98. The predicted octanol–water partition coefficient (Wildman–Crippen LogP) is 2.71. The Morgan fingerprint density at radius 1 is 1.23 bits per heavy atom. The molecule has 2 unspecified atom stereocenters. The molecular formula is C17H16O5. The average Bonchev–Trinajstić information content (AvgIpc) is 2.47. The van der Waals surface area contributed by atoms with Crippen molar-refractivity contribution in [3.8, 4) is 17.2 Å². The van der Waals surface area contributed by atoms with Crippen LogP contribution in [0.4, 0.5) is 0 Å². The van der Waals surface area contributed by atoms with Crippen LogP contribution in [0, 0.1) is 0 Å². The fourth-order valence-electron chi connectivity index (χ4n) is 2.69. The molecule has 0 fully saturated rings. The third kappa shape index (κ3) is 2.70. The number of hydrogen-bond acceptors (Lipinski definition) is 5. The standard InChI is InChI=1S/C17H16O5/c1-10(18)21-16-9-13-14(20)7-12(19)8-15(13)22-17(16)11-5-3-2-4-6-11/h2-8,16-17,19-20H,9H2,1H3. The van der Waals surface area contributed by atoms with Gasteiger partial charge in [-0.1, -0.05) is 30.3 Å². The second-order valence-electron chi connectivity index (χ2n) is 5.24. The summed E-state index contributed by atoms with van der Waals surface area (Å²) < 4.78 is 11.3. The highest BCUT2D eigenvalue weighted by Crippen LogP contribution is 2.42. The van der Waals surface area contributed by atoms with Crippen LogP contribution in [-0.4, -0.2) is 22.3 Å². The SMILES string of the molecule is CC(=O)OC1Cc2c(O)cc(O)cc2OC1c1ccccc1. The van der Waals surface area contributed by atoms with Gasteiger partial charge in [0.05, 0.1) is 0 Å². The van der Waals surface area contributed by atoms with Gasteiger partial charge in [0.1, 0.15) is 23.4 Å². The number of rotatable bonds is 2. The first-order chi connectivity index (χ1) is 10.5. The third-order valence-corrected chi connectivity index (χ3v) is 3.61. The lowest BCUT2D eigenvalue weighted by molar-refractivity contribution is -0.152. The highest BCUT2D eigenvalue weighted by molar-refractivity contribution is 5.66. The molecule has 2 atom stereocenters. The van der Waals surface area contributed by atoms with E-state index < -0.39 is 18.2 Å². The molecule has 5 nitrogen and oxygen atoms in total. The van der Waals surface area contributed by atoms with E-state index in [1.807, 2.05) is 30.3 Å². The van der Waals surface area contributed by atoms with Crippen molar-refractivity contribution in [3.63, 3.8) is 0 Å². The fraction of sp³-hybridized carbons (Fsp3) is 0.235. The molecule has 0 saturated carbocycles. The third-order valence-electron chi connectivity index (χ3n) is 3.61. The van der Waals surface area contributed by atoms with Gasteiger partial charge in [-0.15, -0.1) is 0 Å². The van der Waals surface area contributed by atoms with Gasteiger partial charge in [0, 0.05) is 31.0 Å². The molecular weight excluding hydrogens is 284 g/mol. The summed E-state index contributed by atoms with van der Waals surface area (Å²) in [4.78, 5) is 11.4. The van der Waals surface area contributed by atoms with E-state index in [4.69, 9.17) is 9.47 Å². The quantitative estimate of drug-likeness (QED) is 0.834. The Hall–Kier alpha value is -2.69. The van der Waals surface area contributed by atoms with Crippen molar-refractivity contribution in [1.29, 1.82) is 0 Å². The van der Waals surface area contributed by atoms with Crippen molar-refractivity contribution < 1.29 is 24.5 Å². The number of carbonyl (C=O) groups excluding carboxylic acids is 1. The Balaban J connectivity index is 2.02. The van der Waals surface area contributed by atoms with Gasteiger partial charge < -0.3 is 19.7 Å². The summed E-state index contributed by atoms with van der Waals surface area (Å²) in [7, 11) is 0. The van der Waals surface area contributed by atoms with Crippen LogP contribution in [0.2, 0.25) is 0 Å². The summed E-state index contributed by atoms with van der Waals surface area (Å²) in [5, 5.41) is 19.6. The predicted molar refractivity (Wildman–Crippen MR) is 78.8 cm³/mol. The zero-order chi connectivity index (χ0) is 15.7. The Morgan fingerprint density at radius 2 is 1.95 bits per heavy atom. The van der Waals surface area contributed by atoms with Crippen molar-refractivity contribution in [2.24, 2.45) is 0 Å². The van der Waals surface area contributed by atoms with E-state index in [0.717, 1.165) is 5.56 Å². The average molecular weight is 300 g/mol. The minimum atomic E-state index is -0.539. The van der Waals surface area contributed by atoms with Gasteiger partial charge in [-0.25, -0.2) is 0 Å². The maximum Gasteiger partial charge on any atom is 0.303 e.